The summed E-state index contributed by atoms with van der Waals surface area (Å²) in [5.41, 5.74) is 7.54. The molecule has 1 aromatic heterocycles. The fraction of sp³-hybridized carbons (Fsp3) is 0.286. The fourth-order valence-electron chi connectivity index (χ4n) is 1.94. The molecule has 1 aromatic carbocycles. The number of amides is 1. The van der Waals surface area contributed by atoms with Crippen LogP contribution in [-0.4, -0.2) is 15.7 Å². The molecule has 2 rings (SSSR count). The highest BCUT2D eigenvalue weighted by Gasteiger charge is 2.11. The van der Waals surface area contributed by atoms with Gasteiger partial charge in [-0.1, -0.05) is 23.2 Å². The number of rotatable bonds is 5. The highest BCUT2D eigenvalue weighted by atomic mass is 35.5. The van der Waals surface area contributed by atoms with Gasteiger partial charge in [-0.15, -0.1) is 0 Å². The smallest absolute Gasteiger partial charge is 0.224 e. The van der Waals surface area contributed by atoms with Crippen molar-refractivity contribution in [3.8, 4) is 0 Å². The molecule has 1 heterocycles. The van der Waals surface area contributed by atoms with Crippen LogP contribution in [0.1, 0.15) is 18.5 Å². The monoisotopic (exact) mass is 326 g/mol. The minimum atomic E-state index is -0.145. The molecule has 0 unspecified atom stereocenters. The first-order valence-corrected chi connectivity index (χ1v) is 7.25. The third-order valence-electron chi connectivity index (χ3n) is 3.03. The normalized spacial score (nSPS) is 10.6. The maximum Gasteiger partial charge on any atom is 0.224 e. The van der Waals surface area contributed by atoms with Gasteiger partial charge in [0.25, 0.3) is 0 Å². The second-order valence-electron chi connectivity index (χ2n) is 4.71. The lowest BCUT2D eigenvalue weighted by Gasteiger charge is -2.10. The lowest BCUT2D eigenvalue weighted by molar-refractivity contribution is -0.116. The van der Waals surface area contributed by atoms with E-state index in [0.717, 1.165) is 5.69 Å². The van der Waals surface area contributed by atoms with Crippen molar-refractivity contribution in [1.82, 2.24) is 9.78 Å². The van der Waals surface area contributed by atoms with Crippen molar-refractivity contribution in [3.05, 3.63) is 40.1 Å². The SMILES string of the molecule is Cc1ccnn1CCCC(=O)Nc1c(Cl)cc(N)cc1Cl. The standard InChI is InChI=1S/C14H16Cl2N4O/c1-9-4-5-18-20(9)6-2-3-13(21)19-14-11(15)7-10(17)8-12(14)16/h4-5,7-8H,2-3,6,17H2,1H3,(H,19,21). The number of nitrogens with two attached hydrogens (primary N) is 1. The summed E-state index contributed by atoms with van der Waals surface area (Å²) in [5, 5.41) is 7.54. The molecule has 0 fully saturated rings. The zero-order valence-electron chi connectivity index (χ0n) is 11.6. The van der Waals surface area contributed by atoms with Gasteiger partial charge in [0.15, 0.2) is 0 Å². The Bertz CT molecular complexity index is 631. The number of anilines is 2. The number of carbonyl (C=O) groups excluding carboxylic acids is 1. The van der Waals surface area contributed by atoms with Crippen LogP contribution in [0.4, 0.5) is 11.4 Å². The van der Waals surface area contributed by atoms with Crippen molar-refractivity contribution in [2.75, 3.05) is 11.1 Å². The molecule has 0 spiro atoms. The molecule has 5 nitrogen and oxygen atoms in total. The van der Waals surface area contributed by atoms with Gasteiger partial charge in [-0.2, -0.15) is 5.10 Å². The van der Waals surface area contributed by atoms with Crippen LogP contribution in [0.15, 0.2) is 24.4 Å². The van der Waals surface area contributed by atoms with Gasteiger partial charge < -0.3 is 11.1 Å². The van der Waals surface area contributed by atoms with Crippen molar-refractivity contribution >= 4 is 40.5 Å². The lowest BCUT2D eigenvalue weighted by Crippen LogP contribution is -2.14. The molecule has 0 bridgehead atoms. The average Bonchev–Trinajstić information content (AvgIpc) is 2.80. The molecule has 112 valence electrons. The van der Waals surface area contributed by atoms with Crippen LogP contribution >= 0.6 is 23.2 Å². The average molecular weight is 327 g/mol. The Morgan fingerprint density at radius 1 is 1.38 bits per heavy atom. The first-order valence-electron chi connectivity index (χ1n) is 6.50. The largest absolute Gasteiger partial charge is 0.399 e. The van der Waals surface area contributed by atoms with E-state index in [-0.39, 0.29) is 5.91 Å². The van der Waals surface area contributed by atoms with E-state index >= 15 is 0 Å². The summed E-state index contributed by atoms with van der Waals surface area (Å²) >= 11 is 12.0. The van der Waals surface area contributed by atoms with E-state index in [1.807, 2.05) is 17.7 Å². The molecule has 21 heavy (non-hydrogen) atoms. The minimum Gasteiger partial charge on any atom is -0.399 e. The van der Waals surface area contributed by atoms with Crippen molar-refractivity contribution in [1.29, 1.82) is 0 Å². The van der Waals surface area contributed by atoms with Gasteiger partial charge in [0.05, 0.1) is 15.7 Å². The first-order chi connectivity index (χ1) is 9.97. The minimum absolute atomic E-state index is 0.145. The number of nitrogen functional groups attached to an aromatic ring is 1. The number of benzene rings is 1. The van der Waals surface area contributed by atoms with Crippen molar-refractivity contribution < 1.29 is 4.79 Å². The van der Waals surface area contributed by atoms with E-state index in [1.165, 1.54) is 0 Å². The molecule has 0 saturated carbocycles. The zero-order chi connectivity index (χ0) is 15.4. The molecule has 0 atom stereocenters. The van der Waals surface area contributed by atoms with Crippen LogP contribution in [0, 0.1) is 6.92 Å². The number of hydrogen-bond acceptors (Lipinski definition) is 3. The Hall–Kier alpha value is -1.72. The third-order valence-corrected chi connectivity index (χ3v) is 3.63. The van der Waals surface area contributed by atoms with E-state index in [2.05, 4.69) is 10.4 Å². The van der Waals surface area contributed by atoms with Gasteiger partial charge in [0.1, 0.15) is 0 Å². The van der Waals surface area contributed by atoms with Gasteiger partial charge in [-0.3, -0.25) is 9.48 Å². The summed E-state index contributed by atoms with van der Waals surface area (Å²) < 4.78 is 1.86. The van der Waals surface area contributed by atoms with Crippen LogP contribution in [0.5, 0.6) is 0 Å². The van der Waals surface area contributed by atoms with Gasteiger partial charge in [-0.05, 0) is 31.5 Å². The predicted octanol–water partition coefficient (Wildman–Crippen LogP) is 3.50. The molecule has 0 aliphatic rings. The van der Waals surface area contributed by atoms with Gasteiger partial charge in [-0.25, -0.2) is 0 Å². The van der Waals surface area contributed by atoms with Crippen molar-refractivity contribution in [3.63, 3.8) is 0 Å². The summed E-state index contributed by atoms with van der Waals surface area (Å²) in [7, 11) is 0. The molecule has 0 radical (unpaired) electrons. The topological polar surface area (TPSA) is 72.9 Å². The number of halogens is 2. The number of aryl methyl sites for hydroxylation is 2. The number of nitrogens with zero attached hydrogens (tertiary/aromatic N) is 2. The van der Waals surface area contributed by atoms with E-state index in [1.54, 1.807) is 18.3 Å². The van der Waals surface area contributed by atoms with E-state index in [0.29, 0.717) is 40.8 Å². The molecule has 0 aliphatic heterocycles. The molecule has 7 heteroatoms. The highest BCUT2D eigenvalue weighted by molar-refractivity contribution is 6.40. The predicted molar refractivity (Wildman–Crippen MR) is 85.7 cm³/mol. The maximum absolute atomic E-state index is 11.9. The van der Waals surface area contributed by atoms with Crippen molar-refractivity contribution in [2.24, 2.45) is 0 Å². The van der Waals surface area contributed by atoms with E-state index in [9.17, 15) is 4.79 Å². The Morgan fingerprint density at radius 2 is 2.05 bits per heavy atom. The Balaban J connectivity index is 1.89. The van der Waals surface area contributed by atoms with E-state index < -0.39 is 0 Å². The summed E-state index contributed by atoms with van der Waals surface area (Å²) in [5.74, 6) is -0.145. The Labute approximate surface area is 133 Å². The quantitative estimate of drug-likeness (QED) is 0.826. The zero-order valence-corrected chi connectivity index (χ0v) is 13.1. The van der Waals surface area contributed by atoms with Crippen LogP contribution in [-0.2, 0) is 11.3 Å². The number of aromatic nitrogens is 2. The Morgan fingerprint density at radius 3 is 2.62 bits per heavy atom. The number of nitrogens with one attached hydrogen (secondary N) is 1. The fourth-order valence-corrected chi connectivity index (χ4v) is 2.53. The molecule has 1 amide bonds. The molecular weight excluding hydrogens is 311 g/mol. The third kappa shape index (κ3) is 4.12. The molecule has 0 aliphatic carbocycles. The van der Waals surface area contributed by atoms with Gasteiger partial charge in [0, 0.05) is 30.5 Å². The first kappa shape index (κ1) is 15.7. The van der Waals surface area contributed by atoms with Crippen LogP contribution < -0.4 is 11.1 Å². The molecule has 2 aromatic rings. The highest BCUT2D eigenvalue weighted by Crippen LogP contribution is 2.32. The molecule has 3 N–H and O–H groups in total. The van der Waals surface area contributed by atoms with Gasteiger partial charge >= 0.3 is 0 Å². The number of carbonyl (C=O) groups is 1. The summed E-state index contributed by atoms with van der Waals surface area (Å²) in [4.78, 5) is 11.9. The summed E-state index contributed by atoms with van der Waals surface area (Å²) in [6, 6.07) is 5.03. The second kappa shape index (κ2) is 6.83. The van der Waals surface area contributed by atoms with Crippen LogP contribution in [0.2, 0.25) is 10.0 Å². The second-order valence-corrected chi connectivity index (χ2v) is 5.52. The van der Waals surface area contributed by atoms with Crippen molar-refractivity contribution in [2.45, 2.75) is 26.3 Å². The molecule has 0 saturated heterocycles. The summed E-state index contributed by atoms with van der Waals surface area (Å²) in [6.07, 6.45) is 2.78. The lowest BCUT2D eigenvalue weighted by atomic mass is 10.2. The van der Waals surface area contributed by atoms with Crippen LogP contribution in [0.3, 0.4) is 0 Å². The van der Waals surface area contributed by atoms with Gasteiger partial charge in [0.2, 0.25) is 5.91 Å². The van der Waals surface area contributed by atoms with E-state index in [4.69, 9.17) is 28.9 Å². The van der Waals surface area contributed by atoms with Crippen LogP contribution in [0.25, 0.3) is 0 Å². The number of hydrogen-bond donors (Lipinski definition) is 2. The Kier molecular flexibility index (Phi) is 5.09. The maximum atomic E-state index is 11.9. The summed E-state index contributed by atoms with van der Waals surface area (Å²) in [6.45, 7) is 2.66. The molecular formula is C14H16Cl2N4O.